The molecule has 0 bridgehead atoms. The topological polar surface area (TPSA) is 54.7 Å². The number of thiazole rings is 1. The summed E-state index contributed by atoms with van der Waals surface area (Å²) in [6.07, 6.45) is 1.65. The van der Waals surface area contributed by atoms with Gasteiger partial charge in [-0.2, -0.15) is 0 Å². The molecule has 0 unspecified atom stereocenters. The van der Waals surface area contributed by atoms with Crippen molar-refractivity contribution in [1.29, 1.82) is 0 Å². The molecule has 0 aliphatic carbocycles. The third-order valence-electron chi connectivity index (χ3n) is 3.38. The van der Waals surface area contributed by atoms with Crippen molar-refractivity contribution < 1.29 is 4.79 Å². The number of nitrogens with zero attached hydrogens (tertiary/aromatic N) is 3. The second kappa shape index (κ2) is 6.55. The van der Waals surface area contributed by atoms with Crippen LogP contribution in [0.3, 0.4) is 0 Å². The van der Waals surface area contributed by atoms with Crippen LogP contribution in [0.5, 0.6) is 0 Å². The van der Waals surface area contributed by atoms with Gasteiger partial charge in [-0.05, 0) is 17.9 Å². The van der Waals surface area contributed by atoms with E-state index in [1.165, 1.54) is 32.4 Å². The van der Waals surface area contributed by atoms with Crippen LogP contribution in [0.2, 0.25) is 0 Å². The molecular formula is C16H15N3O2S2. The summed E-state index contributed by atoms with van der Waals surface area (Å²) in [6, 6.07) is 9.26. The number of carbonyl (C=O) groups excluding carboxylic acids is 1. The summed E-state index contributed by atoms with van der Waals surface area (Å²) in [5.41, 5.74) is 0.541. The molecule has 7 heteroatoms. The van der Waals surface area contributed by atoms with Crippen molar-refractivity contribution in [2.75, 3.05) is 17.7 Å². The van der Waals surface area contributed by atoms with Crippen LogP contribution in [0, 0.1) is 0 Å². The second-order valence-electron chi connectivity index (χ2n) is 4.79. The average molecular weight is 345 g/mol. The quantitative estimate of drug-likeness (QED) is 0.538. The highest BCUT2D eigenvalue weighted by atomic mass is 32.2. The molecule has 0 saturated carbocycles. The Morgan fingerprint density at radius 3 is 2.78 bits per heavy atom. The normalized spacial score (nSPS) is 10.9. The molecule has 1 aromatic carbocycles. The standard InChI is InChI=1S/C16H15N3O2S2/c1-3-22-13-12(15(21)19-9-10-23-16(19)17-13)14(20)18(2)11-7-5-4-6-8-11/h4-10H,3H2,1-2H3. The van der Waals surface area contributed by atoms with Crippen molar-refractivity contribution in [2.45, 2.75) is 11.9 Å². The highest BCUT2D eigenvalue weighted by Crippen LogP contribution is 2.23. The summed E-state index contributed by atoms with van der Waals surface area (Å²) in [6.45, 7) is 1.97. The first-order valence-corrected chi connectivity index (χ1v) is 8.95. The zero-order chi connectivity index (χ0) is 16.4. The molecule has 23 heavy (non-hydrogen) atoms. The number of hydrogen-bond acceptors (Lipinski definition) is 5. The zero-order valence-corrected chi connectivity index (χ0v) is 14.4. The number of fused-ring (bicyclic) bond motifs is 1. The lowest BCUT2D eigenvalue weighted by molar-refractivity contribution is 0.0988. The molecule has 1 amide bonds. The number of benzene rings is 1. The number of rotatable bonds is 4. The molecule has 5 nitrogen and oxygen atoms in total. The monoisotopic (exact) mass is 345 g/mol. The third-order valence-corrected chi connectivity index (χ3v) is 4.99. The summed E-state index contributed by atoms with van der Waals surface area (Å²) < 4.78 is 1.43. The van der Waals surface area contributed by atoms with E-state index >= 15 is 0 Å². The van der Waals surface area contributed by atoms with E-state index in [0.29, 0.717) is 9.99 Å². The largest absolute Gasteiger partial charge is 0.311 e. The summed E-state index contributed by atoms with van der Waals surface area (Å²) in [4.78, 5) is 32.2. The number of para-hydroxylation sites is 1. The van der Waals surface area contributed by atoms with E-state index in [9.17, 15) is 9.59 Å². The molecular weight excluding hydrogens is 330 g/mol. The predicted molar refractivity (Wildman–Crippen MR) is 94.9 cm³/mol. The van der Waals surface area contributed by atoms with E-state index in [1.54, 1.807) is 18.6 Å². The van der Waals surface area contributed by atoms with Crippen molar-refractivity contribution in [3.8, 4) is 0 Å². The molecule has 2 aromatic heterocycles. The number of anilines is 1. The highest BCUT2D eigenvalue weighted by Gasteiger charge is 2.24. The van der Waals surface area contributed by atoms with Gasteiger partial charge in [0, 0.05) is 24.3 Å². The Bertz CT molecular complexity index is 903. The first-order chi connectivity index (χ1) is 11.1. The van der Waals surface area contributed by atoms with Gasteiger partial charge in [-0.25, -0.2) is 4.98 Å². The van der Waals surface area contributed by atoms with Crippen molar-refractivity contribution in [3.05, 3.63) is 57.8 Å². The predicted octanol–water partition coefficient (Wildman–Crippen LogP) is 3.14. The van der Waals surface area contributed by atoms with Crippen LogP contribution in [0.1, 0.15) is 17.3 Å². The molecule has 3 aromatic rings. The van der Waals surface area contributed by atoms with Gasteiger partial charge in [-0.1, -0.05) is 25.1 Å². The average Bonchev–Trinajstić information content (AvgIpc) is 3.04. The summed E-state index contributed by atoms with van der Waals surface area (Å²) >= 11 is 2.79. The molecule has 0 saturated heterocycles. The smallest absolute Gasteiger partial charge is 0.272 e. The van der Waals surface area contributed by atoms with Crippen LogP contribution < -0.4 is 10.5 Å². The Labute approximate surface area is 141 Å². The van der Waals surface area contributed by atoms with Gasteiger partial charge in [-0.3, -0.25) is 14.0 Å². The minimum atomic E-state index is -0.342. The Balaban J connectivity index is 2.14. The fourth-order valence-electron chi connectivity index (χ4n) is 2.22. The van der Waals surface area contributed by atoms with E-state index in [-0.39, 0.29) is 17.0 Å². The van der Waals surface area contributed by atoms with Crippen LogP contribution in [-0.2, 0) is 0 Å². The van der Waals surface area contributed by atoms with Crippen molar-refractivity contribution in [1.82, 2.24) is 9.38 Å². The van der Waals surface area contributed by atoms with Gasteiger partial charge in [0.05, 0.1) is 0 Å². The summed E-state index contributed by atoms with van der Waals surface area (Å²) in [7, 11) is 1.67. The lowest BCUT2D eigenvalue weighted by Gasteiger charge is -2.18. The Morgan fingerprint density at radius 1 is 1.35 bits per heavy atom. The summed E-state index contributed by atoms with van der Waals surface area (Å²) in [5.74, 6) is 0.397. The first kappa shape index (κ1) is 15.8. The van der Waals surface area contributed by atoms with Crippen molar-refractivity contribution in [3.63, 3.8) is 0 Å². The molecule has 118 valence electrons. The number of carbonyl (C=O) groups is 1. The van der Waals surface area contributed by atoms with E-state index in [2.05, 4.69) is 4.98 Å². The van der Waals surface area contributed by atoms with Crippen LogP contribution in [0.4, 0.5) is 5.69 Å². The maximum Gasteiger partial charge on any atom is 0.272 e. The maximum absolute atomic E-state index is 12.9. The van der Waals surface area contributed by atoms with E-state index in [0.717, 1.165) is 11.4 Å². The molecule has 0 N–H and O–H groups in total. The van der Waals surface area contributed by atoms with Gasteiger partial charge >= 0.3 is 0 Å². The Hall–Kier alpha value is -2.12. The number of thioether (sulfide) groups is 1. The molecule has 0 fully saturated rings. The van der Waals surface area contributed by atoms with Gasteiger partial charge in [0.25, 0.3) is 11.5 Å². The van der Waals surface area contributed by atoms with E-state index in [1.807, 2.05) is 37.3 Å². The second-order valence-corrected chi connectivity index (χ2v) is 6.91. The summed E-state index contributed by atoms with van der Waals surface area (Å²) in [5, 5.41) is 2.28. The maximum atomic E-state index is 12.9. The fourth-order valence-corrected chi connectivity index (χ4v) is 3.73. The van der Waals surface area contributed by atoms with E-state index < -0.39 is 0 Å². The van der Waals surface area contributed by atoms with Crippen LogP contribution in [-0.4, -0.2) is 28.1 Å². The van der Waals surface area contributed by atoms with Crippen LogP contribution in [0.25, 0.3) is 4.96 Å². The number of aromatic nitrogens is 2. The molecule has 2 heterocycles. The molecule has 0 aliphatic rings. The fraction of sp³-hybridized carbons (Fsp3) is 0.188. The van der Waals surface area contributed by atoms with Crippen LogP contribution >= 0.6 is 23.1 Å². The van der Waals surface area contributed by atoms with Crippen molar-refractivity contribution >= 4 is 39.7 Å². The molecule has 3 rings (SSSR count). The number of amides is 1. The highest BCUT2D eigenvalue weighted by molar-refractivity contribution is 7.99. The van der Waals surface area contributed by atoms with Gasteiger partial charge < -0.3 is 4.90 Å². The lowest BCUT2D eigenvalue weighted by Crippen LogP contribution is -2.34. The van der Waals surface area contributed by atoms with Gasteiger partial charge in [0.2, 0.25) is 0 Å². The minimum absolute atomic E-state index is 0.124. The third kappa shape index (κ3) is 2.89. The van der Waals surface area contributed by atoms with Gasteiger partial charge in [0.1, 0.15) is 10.6 Å². The van der Waals surface area contributed by atoms with Crippen molar-refractivity contribution in [2.24, 2.45) is 0 Å². The molecule has 0 aliphatic heterocycles. The Morgan fingerprint density at radius 2 is 2.09 bits per heavy atom. The van der Waals surface area contributed by atoms with E-state index in [4.69, 9.17) is 0 Å². The minimum Gasteiger partial charge on any atom is -0.311 e. The number of hydrogen-bond donors (Lipinski definition) is 0. The van der Waals surface area contributed by atoms with Gasteiger partial charge in [0.15, 0.2) is 4.96 Å². The SMILES string of the molecule is CCSc1nc2sccn2c(=O)c1C(=O)N(C)c1ccccc1. The molecule has 0 spiro atoms. The zero-order valence-electron chi connectivity index (χ0n) is 12.7. The Kier molecular flexibility index (Phi) is 4.49. The molecule has 0 atom stereocenters. The first-order valence-electron chi connectivity index (χ1n) is 7.09. The van der Waals surface area contributed by atoms with Gasteiger partial charge in [-0.15, -0.1) is 23.1 Å². The molecule has 0 radical (unpaired) electrons. The van der Waals surface area contributed by atoms with Crippen LogP contribution in [0.15, 0.2) is 51.7 Å². The lowest BCUT2D eigenvalue weighted by atomic mass is 10.2.